The minimum Gasteiger partial charge on any atom is -0.306 e. The summed E-state index contributed by atoms with van der Waals surface area (Å²) in [5, 5.41) is 4.30. The monoisotopic (exact) mass is 312 g/mol. The second kappa shape index (κ2) is 7.75. The molecule has 1 aliphatic rings. The first-order chi connectivity index (χ1) is 11.2. The molecule has 23 heavy (non-hydrogen) atoms. The number of rotatable bonds is 5. The molecule has 1 atom stereocenters. The molecule has 2 aromatic rings. The standard InChI is InChI=1S/C19H28N4/c1-21(2)19-8-4-11-22(13-9-19)15-17-6-3-7-18(14-17)16-23-12-5-10-20-23/h3,5-7,10,12,14,19H,4,8-9,11,13,15-16H2,1-2H3. The van der Waals surface area contributed by atoms with Crippen molar-refractivity contribution in [3.05, 3.63) is 53.9 Å². The fourth-order valence-corrected chi connectivity index (χ4v) is 3.48. The third kappa shape index (κ3) is 4.66. The lowest BCUT2D eigenvalue weighted by Gasteiger charge is -2.23. The molecule has 1 fully saturated rings. The zero-order valence-corrected chi connectivity index (χ0v) is 14.4. The Morgan fingerprint density at radius 2 is 1.91 bits per heavy atom. The van der Waals surface area contributed by atoms with Crippen LogP contribution in [0.1, 0.15) is 30.4 Å². The Morgan fingerprint density at radius 3 is 2.65 bits per heavy atom. The largest absolute Gasteiger partial charge is 0.306 e. The number of nitrogens with zero attached hydrogens (tertiary/aromatic N) is 4. The number of likely N-dealkylation sites (tertiary alicyclic amines) is 1. The van der Waals surface area contributed by atoms with E-state index in [0.29, 0.717) is 0 Å². The molecular formula is C19H28N4. The first-order valence-electron chi connectivity index (χ1n) is 8.65. The predicted octanol–water partition coefficient (Wildman–Crippen LogP) is 2.85. The first kappa shape index (κ1) is 16.2. The van der Waals surface area contributed by atoms with Crippen molar-refractivity contribution in [3.8, 4) is 0 Å². The molecule has 0 N–H and O–H groups in total. The van der Waals surface area contributed by atoms with Crippen LogP contribution in [0.4, 0.5) is 0 Å². The molecule has 0 aliphatic carbocycles. The van der Waals surface area contributed by atoms with Gasteiger partial charge >= 0.3 is 0 Å². The van der Waals surface area contributed by atoms with Gasteiger partial charge in [-0.3, -0.25) is 9.58 Å². The average molecular weight is 312 g/mol. The highest BCUT2D eigenvalue weighted by Crippen LogP contribution is 2.17. The van der Waals surface area contributed by atoms with E-state index in [0.717, 1.165) is 19.1 Å². The van der Waals surface area contributed by atoms with E-state index in [1.165, 1.54) is 43.5 Å². The van der Waals surface area contributed by atoms with Crippen molar-refractivity contribution in [1.29, 1.82) is 0 Å². The van der Waals surface area contributed by atoms with E-state index in [1.54, 1.807) is 0 Å². The van der Waals surface area contributed by atoms with Crippen LogP contribution in [0.25, 0.3) is 0 Å². The summed E-state index contributed by atoms with van der Waals surface area (Å²) in [6, 6.07) is 11.7. The Morgan fingerprint density at radius 1 is 1.09 bits per heavy atom. The molecule has 1 saturated heterocycles. The summed E-state index contributed by atoms with van der Waals surface area (Å²) >= 11 is 0. The molecule has 1 aromatic heterocycles. The van der Waals surface area contributed by atoms with Gasteiger partial charge in [0.05, 0.1) is 6.54 Å². The summed E-state index contributed by atoms with van der Waals surface area (Å²) in [5.74, 6) is 0. The van der Waals surface area contributed by atoms with E-state index in [1.807, 2.05) is 23.1 Å². The van der Waals surface area contributed by atoms with Crippen LogP contribution in [0.5, 0.6) is 0 Å². The average Bonchev–Trinajstić information content (AvgIpc) is 2.92. The maximum atomic E-state index is 4.30. The van der Waals surface area contributed by atoms with Crippen molar-refractivity contribution in [1.82, 2.24) is 19.6 Å². The number of hydrogen-bond donors (Lipinski definition) is 0. The van der Waals surface area contributed by atoms with E-state index in [9.17, 15) is 0 Å². The van der Waals surface area contributed by atoms with Crippen molar-refractivity contribution in [3.63, 3.8) is 0 Å². The quantitative estimate of drug-likeness (QED) is 0.848. The van der Waals surface area contributed by atoms with Gasteiger partial charge in [-0.25, -0.2) is 0 Å². The summed E-state index contributed by atoms with van der Waals surface area (Å²) in [6.45, 7) is 4.33. The molecule has 4 nitrogen and oxygen atoms in total. The van der Waals surface area contributed by atoms with Crippen molar-refractivity contribution < 1.29 is 0 Å². The third-order valence-corrected chi connectivity index (χ3v) is 4.82. The molecule has 0 radical (unpaired) electrons. The maximum absolute atomic E-state index is 4.30. The predicted molar refractivity (Wildman–Crippen MR) is 94.4 cm³/mol. The molecular weight excluding hydrogens is 284 g/mol. The summed E-state index contributed by atoms with van der Waals surface area (Å²) < 4.78 is 1.98. The highest BCUT2D eigenvalue weighted by Gasteiger charge is 2.18. The molecule has 1 unspecified atom stereocenters. The minimum absolute atomic E-state index is 0.742. The molecule has 0 spiro atoms. The van der Waals surface area contributed by atoms with Gasteiger partial charge < -0.3 is 4.90 Å². The summed E-state index contributed by atoms with van der Waals surface area (Å²) in [6.07, 6.45) is 7.75. The molecule has 124 valence electrons. The van der Waals surface area contributed by atoms with Crippen molar-refractivity contribution >= 4 is 0 Å². The normalized spacial score (nSPS) is 19.9. The van der Waals surface area contributed by atoms with Crippen molar-refractivity contribution in [2.24, 2.45) is 0 Å². The molecule has 3 rings (SSSR count). The molecule has 1 aliphatic heterocycles. The van der Waals surface area contributed by atoms with Gasteiger partial charge in [-0.15, -0.1) is 0 Å². The minimum atomic E-state index is 0.742. The van der Waals surface area contributed by atoms with Gasteiger partial charge in [0.2, 0.25) is 0 Å². The number of aromatic nitrogens is 2. The smallest absolute Gasteiger partial charge is 0.0659 e. The molecule has 0 amide bonds. The van der Waals surface area contributed by atoms with Gasteiger partial charge in [-0.2, -0.15) is 5.10 Å². The topological polar surface area (TPSA) is 24.3 Å². The van der Waals surface area contributed by atoms with E-state index in [4.69, 9.17) is 0 Å². The Balaban J connectivity index is 1.59. The number of benzene rings is 1. The van der Waals surface area contributed by atoms with Gasteiger partial charge in [0, 0.05) is 25.0 Å². The van der Waals surface area contributed by atoms with Crippen LogP contribution in [-0.2, 0) is 13.1 Å². The Kier molecular flexibility index (Phi) is 5.47. The highest BCUT2D eigenvalue weighted by molar-refractivity contribution is 5.23. The van der Waals surface area contributed by atoms with E-state index >= 15 is 0 Å². The lowest BCUT2D eigenvalue weighted by molar-refractivity contribution is 0.245. The first-order valence-corrected chi connectivity index (χ1v) is 8.65. The third-order valence-electron chi connectivity index (χ3n) is 4.82. The van der Waals surface area contributed by atoms with Crippen LogP contribution in [0.3, 0.4) is 0 Å². The van der Waals surface area contributed by atoms with Crippen LogP contribution in [0.2, 0.25) is 0 Å². The fraction of sp³-hybridized carbons (Fsp3) is 0.526. The van der Waals surface area contributed by atoms with Crippen LogP contribution in [-0.4, -0.2) is 52.8 Å². The lowest BCUT2D eigenvalue weighted by atomic mass is 10.1. The van der Waals surface area contributed by atoms with E-state index in [-0.39, 0.29) is 0 Å². The summed E-state index contributed by atoms with van der Waals surface area (Å²) in [5.41, 5.74) is 2.74. The van der Waals surface area contributed by atoms with Crippen LogP contribution >= 0.6 is 0 Å². The zero-order chi connectivity index (χ0) is 16.1. The van der Waals surface area contributed by atoms with Crippen LogP contribution in [0, 0.1) is 0 Å². The molecule has 1 aromatic carbocycles. The Labute approximate surface area is 139 Å². The summed E-state index contributed by atoms with van der Waals surface area (Å²) in [7, 11) is 4.41. The van der Waals surface area contributed by atoms with Gasteiger partial charge in [0.1, 0.15) is 0 Å². The van der Waals surface area contributed by atoms with Gasteiger partial charge in [-0.05, 0) is 63.6 Å². The van der Waals surface area contributed by atoms with E-state index in [2.05, 4.69) is 53.3 Å². The molecule has 2 heterocycles. The lowest BCUT2D eigenvalue weighted by Crippen LogP contribution is -2.29. The second-order valence-corrected chi connectivity index (χ2v) is 6.85. The molecule has 0 saturated carbocycles. The van der Waals surface area contributed by atoms with Gasteiger partial charge in [0.25, 0.3) is 0 Å². The SMILES string of the molecule is CN(C)C1CCCN(Cc2cccc(Cn3cccn3)c2)CC1. The zero-order valence-electron chi connectivity index (χ0n) is 14.4. The fourth-order valence-electron chi connectivity index (χ4n) is 3.48. The summed E-state index contributed by atoms with van der Waals surface area (Å²) in [4.78, 5) is 4.99. The van der Waals surface area contributed by atoms with Gasteiger partial charge in [0.15, 0.2) is 0 Å². The van der Waals surface area contributed by atoms with Crippen LogP contribution in [0.15, 0.2) is 42.7 Å². The molecule has 4 heteroatoms. The number of hydrogen-bond acceptors (Lipinski definition) is 3. The van der Waals surface area contributed by atoms with Crippen LogP contribution < -0.4 is 0 Å². The van der Waals surface area contributed by atoms with Gasteiger partial charge in [-0.1, -0.05) is 24.3 Å². The van der Waals surface area contributed by atoms with Crippen molar-refractivity contribution in [2.75, 3.05) is 27.2 Å². The highest BCUT2D eigenvalue weighted by atomic mass is 15.3. The molecule has 0 bridgehead atoms. The maximum Gasteiger partial charge on any atom is 0.0659 e. The van der Waals surface area contributed by atoms with E-state index < -0.39 is 0 Å². The Hall–Kier alpha value is -1.65. The Bertz CT molecular complexity index is 591. The second-order valence-electron chi connectivity index (χ2n) is 6.85. The van der Waals surface area contributed by atoms with Crippen molar-refractivity contribution in [2.45, 2.75) is 38.4 Å².